The van der Waals surface area contributed by atoms with Gasteiger partial charge in [-0.1, -0.05) is 17.7 Å². The Kier molecular flexibility index (Phi) is 6.24. The van der Waals surface area contributed by atoms with Gasteiger partial charge in [-0.2, -0.15) is 0 Å². The van der Waals surface area contributed by atoms with Gasteiger partial charge < -0.3 is 9.67 Å². The number of nitrogens with one attached hydrogen (secondary N) is 1. The Labute approximate surface area is 185 Å². The summed E-state index contributed by atoms with van der Waals surface area (Å²) in [4.78, 5) is 24.8. The fraction of sp³-hybridized carbons (Fsp3) is 0.182. The van der Waals surface area contributed by atoms with Crippen molar-refractivity contribution in [3.05, 3.63) is 87.2 Å². The minimum Gasteiger partial charge on any atom is -0.478 e. The maximum Gasteiger partial charge on any atom is 0.336 e. The van der Waals surface area contributed by atoms with Gasteiger partial charge in [0.05, 0.1) is 17.5 Å². The van der Waals surface area contributed by atoms with Gasteiger partial charge in [-0.05, 0) is 60.5 Å². The lowest BCUT2D eigenvalue weighted by atomic mass is 10.0. The molecule has 0 aliphatic rings. The van der Waals surface area contributed by atoms with Crippen LogP contribution in [0.3, 0.4) is 0 Å². The van der Waals surface area contributed by atoms with E-state index >= 15 is 0 Å². The second kappa shape index (κ2) is 8.56. The van der Waals surface area contributed by atoms with Crippen LogP contribution in [-0.2, 0) is 23.5 Å². The summed E-state index contributed by atoms with van der Waals surface area (Å²) in [6, 6.07) is 12.8. The summed E-state index contributed by atoms with van der Waals surface area (Å²) in [5, 5.41) is 10.1. The number of aryl methyl sites for hydroxylation is 1. The number of sulfonamides is 1. The first-order chi connectivity index (χ1) is 14.5. The average molecular weight is 461 g/mol. The summed E-state index contributed by atoms with van der Waals surface area (Å²) in [5.41, 5.74) is 3.18. The fourth-order valence-electron chi connectivity index (χ4n) is 3.46. The minimum atomic E-state index is -3.53. The number of aromatic nitrogens is 1. The molecule has 1 aromatic heterocycles. The SMILES string of the molecule is Cc1cc(Cc2ccc(NS(C)(=O)=O)cc2C(=O)O)n(C)c1C(=O)c1ccc(Cl)cc1. The highest BCUT2D eigenvalue weighted by molar-refractivity contribution is 7.92. The van der Waals surface area contributed by atoms with Gasteiger partial charge in [0, 0.05) is 35.4 Å². The molecule has 0 saturated heterocycles. The van der Waals surface area contributed by atoms with E-state index in [1.807, 2.05) is 13.0 Å². The van der Waals surface area contributed by atoms with Gasteiger partial charge >= 0.3 is 5.97 Å². The largest absolute Gasteiger partial charge is 0.478 e. The third kappa shape index (κ3) is 5.15. The number of rotatable bonds is 7. The van der Waals surface area contributed by atoms with Gasteiger partial charge in [0.25, 0.3) is 0 Å². The van der Waals surface area contributed by atoms with E-state index in [0.29, 0.717) is 21.8 Å². The van der Waals surface area contributed by atoms with Crippen LogP contribution in [0, 0.1) is 6.92 Å². The first kappa shape index (κ1) is 22.6. The van der Waals surface area contributed by atoms with Crippen molar-refractivity contribution in [1.29, 1.82) is 0 Å². The van der Waals surface area contributed by atoms with Crippen molar-refractivity contribution >= 4 is 39.1 Å². The third-order valence-corrected chi connectivity index (χ3v) is 5.72. The molecule has 162 valence electrons. The van der Waals surface area contributed by atoms with Crippen molar-refractivity contribution in [2.75, 3.05) is 11.0 Å². The lowest BCUT2D eigenvalue weighted by Gasteiger charge is -2.12. The van der Waals surface area contributed by atoms with Crippen molar-refractivity contribution in [2.45, 2.75) is 13.3 Å². The number of carboxylic acids is 1. The van der Waals surface area contributed by atoms with E-state index in [9.17, 15) is 23.1 Å². The highest BCUT2D eigenvalue weighted by atomic mass is 35.5. The van der Waals surface area contributed by atoms with E-state index in [1.165, 1.54) is 12.1 Å². The molecular weight excluding hydrogens is 440 g/mol. The Morgan fingerprint density at radius 3 is 2.32 bits per heavy atom. The van der Waals surface area contributed by atoms with Crippen LogP contribution in [0.1, 0.15) is 43.2 Å². The van der Waals surface area contributed by atoms with Gasteiger partial charge in [0.1, 0.15) is 0 Å². The van der Waals surface area contributed by atoms with Crippen LogP contribution in [0.25, 0.3) is 0 Å². The van der Waals surface area contributed by atoms with Crippen LogP contribution in [0.2, 0.25) is 5.02 Å². The molecule has 7 nitrogen and oxygen atoms in total. The summed E-state index contributed by atoms with van der Waals surface area (Å²) < 4.78 is 26.9. The van der Waals surface area contributed by atoms with Crippen molar-refractivity contribution in [3.63, 3.8) is 0 Å². The summed E-state index contributed by atoms with van der Waals surface area (Å²) in [5.74, 6) is -1.33. The lowest BCUT2D eigenvalue weighted by Crippen LogP contribution is -2.13. The van der Waals surface area contributed by atoms with E-state index in [2.05, 4.69) is 4.72 Å². The molecule has 0 fully saturated rings. The van der Waals surface area contributed by atoms with E-state index < -0.39 is 16.0 Å². The molecule has 9 heteroatoms. The van der Waals surface area contributed by atoms with Crippen molar-refractivity contribution in [1.82, 2.24) is 4.57 Å². The second-order valence-electron chi connectivity index (χ2n) is 7.29. The smallest absolute Gasteiger partial charge is 0.336 e. The Hall–Kier alpha value is -3.10. The highest BCUT2D eigenvalue weighted by Gasteiger charge is 2.20. The van der Waals surface area contributed by atoms with Crippen molar-refractivity contribution in [3.8, 4) is 0 Å². The zero-order valence-corrected chi connectivity index (χ0v) is 18.7. The maximum atomic E-state index is 13.0. The zero-order chi connectivity index (χ0) is 22.9. The molecule has 0 radical (unpaired) electrons. The predicted molar refractivity (Wildman–Crippen MR) is 120 cm³/mol. The Morgan fingerprint density at radius 1 is 1.10 bits per heavy atom. The molecule has 0 bridgehead atoms. The van der Waals surface area contributed by atoms with Crippen LogP contribution in [0.4, 0.5) is 5.69 Å². The number of anilines is 1. The fourth-order valence-corrected chi connectivity index (χ4v) is 4.15. The van der Waals surface area contributed by atoms with Gasteiger partial charge in [-0.15, -0.1) is 0 Å². The third-order valence-electron chi connectivity index (χ3n) is 4.86. The molecule has 0 aliphatic heterocycles. The number of carbonyl (C=O) groups is 2. The summed E-state index contributed by atoms with van der Waals surface area (Å²) in [6.45, 7) is 1.82. The van der Waals surface area contributed by atoms with E-state index in [0.717, 1.165) is 17.5 Å². The molecule has 31 heavy (non-hydrogen) atoms. The molecule has 0 atom stereocenters. The average Bonchev–Trinajstić information content (AvgIpc) is 2.95. The number of carbonyl (C=O) groups excluding carboxylic acids is 1. The van der Waals surface area contributed by atoms with Crippen LogP contribution < -0.4 is 4.72 Å². The van der Waals surface area contributed by atoms with E-state index in [-0.39, 0.29) is 23.5 Å². The predicted octanol–water partition coefficient (Wildman–Crippen LogP) is 3.88. The molecule has 0 amide bonds. The van der Waals surface area contributed by atoms with Crippen LogP contribution in [0.5, 0.6) is 0 Å². The number of halogens is 1. The molecule has 2 aromatic carbocycles. The monoisotopic (exact) mass is 460 g/mol. The number of hydrogen-bond donors (Lipinski definition) is 2. The van der Waals surface area contributed by atoms with E-state index in [1.54, 1.807) is 41.9 Å². The quantitative estimate of drug-likeness (QED) is 0.520. The van der Waals surface area contributed by atoms with Crippen molar-refractivity contribution in [2.24, 2.45) is 7.05 Å². The summed E-state index contributed by atoms with van der Waals surface area (Å²) >= 11 is 5.90. The molecule has 3 aromatic rings. The molecular formula is C22H21ClN2O5S. The summed E-state index contributed by atoms with van der Waals surface area (Å²) in [6.07, 6.45) is 1.25. The van der Waals surface area contributed by atoms with Gasteiger partial charge in [-0.25, -0.2) is 13.2 Å². The molecule has 3 rings (SSSR count). The molecule has 0 saturated carbocycles. The Morgan fingerprint density at radius 2 is 1.74 bits per heavy atom. The lowest BCUT2D eigenvalue weighted by molar-refractivity contribution is 0.0695. The van der Waals surface area contributed by atoms with Gasteiger partial charge in [0.2, 0.25) is 15.8 Å². The minimum absolute atomic E-state index is 0.0157. The van der Waals surface area contributed by atoms with Gasteiger partial charge in [-0.3, -0.25) is 9.52 Å². The highest BCUT2D eigenvalue weighted by Crippen LogP contribution is 2.24. The normalized spacial score (nSPS) is 11.4. The standard InChI is InChI=1S/C22H21ClN2O5S/c1-13-10-18(25(2)20(13)21(26)14-4-7-16(23)8-5-14)11-15-6-9-17(24-31(3,29)30)12-19(15)22(27)28/h4-10,12,24H,11H2,1-3H3,(H,27,28). The van der Waals surface area contributed by atoms with Crippen molar-refractivity contribution < 1.29 is 23.1 Å². The number of ketones is 1. The topological polar surface area (TPSA) is 105 Å². The number of aromatic carboxylic acids is 1. The Balaban J connectivity index is 1.97. The molecule has 0 unspecified atom stereocenters. The van der Waals surface area contributed by atoms with Gasteiger partial charge in [0.15, 0.2) is 0 Å². The second-order valence-corrected chi connectivity index (χ2v) is 9.48. The molecule has 0 spiro atoms. The van der Waals surface area contributed by atoms with Crippen LogP contribution >= 0.6 is 11.6 Å². The number of nitrogens with zero attached hydrogens (tertiary/aromatic N) is 1. The first-order valence-electron chi connectivity index (χ1n) is 9.25. The number of benzene rings is 2. The Bertz CT molecular complexity index is 1280. The van der Waals surface area contributed by atoms with E-state index in [4.69, 9.17) is 11.6 Å². The first-order valence-corrected chi connectivity index (χ1v) is 11.5. The summed E-state index contributed by atoms with van der Waals surface area (Å²) in [7, 11) is -1.78. The number of hydrogen-bond acceptors (Lipinski definition) is 4. The van der Waals surface area contributed by atoms with Crippen LogP contribution in [-0.4, -0.2) is 36.1 Å². The maximum absolute atomic E-state index is 13.0. The molecule has 2 N–H and O–H groups in total. The molecule has 1 heterocycles. The number of carboxylic acid groups (broad SMARTS) is 1. The van der Waals surface area contributed by atoms with Crippen LogP contribution in [0.15, 0.2) is 48.5 Å². The molecule has 0 aliphatic carbocycles. The zero-order valence-electron chi connectivity index (χ0n) is 17.1.